The van der Waals surface area contributed by atoms with Crippen LogP contribution in [-0.4, -0.2) is 39.3 Å². The number of aliphatic hydroxyl groups is 1. The molecule has 7 heteroatoms. The topological polar surface area (TPSA) is 71.2 Å². The van der Waals surface area contributed by atoms with Gasteiger partial charge >= 0.3 is 0 Å². The Morgan fingerprint density at radius 3 is 2.77 bits per heavy atom. The quantitative estimate of drug-likeness (QED) is 0.875. The summed E-state index contributed by atoms with van der Waals surface area (Å²) < 4.78 is 1.43. The Morgan fingerprint density at radius 2 is 2.09 bits per heavy atom. The number of hydrogen-bond acceptors (Lipinski definition) is 5. The molecule has 6 nitrogen and oxygen atoms in total. The lowest BCUT2D eigenvalue weighted by molar-refractivity contribution is 0.236. The fourth-order valence-corrected chi connectivity index (χ4v) is 3.01. The molecule has 1 aliphatic rings. The van der Waals surface area contributed by atoms with Crippen molar-refractivity contribution in [2.75, 3.05) is 24.6 Å². The van der Waals surface area contributed by atoms with E-state index >= 15 is 0 Å². The molecule has 0 bridgehead atoms. The summed E-state index contributed by atoms with van der Waals surface area (Å²) in [6.07, 6.45) is 4.90. The maximum atomic E-state index is 12.6. The highest BCUT2D eigenvalue weighted by Gasteiger charge is 2.19. The molecule has 0 radical (unpaired) electrons. The Kier molecular flexibility index (Phi) is 4.31. The van der Waals surface area contributed by atoms with Crippen LogP contribution < -0.4 is 10.5 Å². The Bertz CT molecular complexity index is 740. The predicted octanol–water partition coefficient (Wildman–Crippen LogP) is 1.99. The molecule has 1 fully saturated rings. The second-order valence-corrected chi connectivity index (χ2v) is 6.09. The third-order valence-corrected chi connectivity index (χ3v) is 4.31. The normalized spacial score (nSPS) is 17.0. The second-order valence-electron chi connectivity index (χ2n) is 5.70. The number of nitrogens with zero attached hydrogens (tertiary/aromatic N) is 4. The number of rotatable bonds is 3. The van der Waals surface area contributed by atoms with E-state index in [0.29, 0.717) is 21.9 Å². The molecule has 118 valence electrons. The van der Waals surface area contributed by atoms with Crippen molar-refractivity contribution in [3.05, 3.63) is 27.9 Å². The number of anilines is 1. The minimum atomic E-state index is -0.324. The van der Waals surface area contributed by atoms with Gasteiger partial charge in [-0.15, -0.1) is 0 Å². The lowest BCUT2D eigenvalue weighted by atomic mass is 10.1. The van der Waals surface area contributed by atoms with Crippen LogP contribution in [0.25, 0.3) is 10.9 Å². The molecule has 0 saturated carbocycles. The van der Waals surface area contributed by atoms with Gasteiger partial charge in [-0.2, -0.15) is 0 Å². The van der Waals surface area contributed by atoms with Crippen LogP contribution in [-0.2, 0) is 0 Å². The third-order valence-electron chi connectivity index (χ3n) is 4.11. The van der Waals surface area contributed by atoms with E-state index in [4.69, 9.17) is 11.6 Å². The van der Waals surface area contributed by atoms with Crippen molar-refractivity contribution in [1.29, 1.82) is 0 Å². The van der Waals surface area contributed by atoms with Gasteiger partial charge in [0.2, 0.25) is 0 Å². The van der Waals surface area contributed by atoms with E-state index < -0.39 is 0 Å². The SMILES string of the molecule is C[C@@H](CO)n1cnc2c(N3CCCCC3)nc(Cl)cc2c1=O. The largest absolute Gasteiger partial charge is 0.394 e. The molecule has 0 amide bonds. The molecule has 0 aromatic carbocycles. The van der Waals surface area contributed by atoms with Crippen molar-refractivity contribution in [3.63, 3.8) is 0 Å². The summed E-state index contributed by atoms with van der Waals surface area (Å²) in [6.45, 7) is 3.45. The molecule has 3 heterocycles. The lowest BCUT2D eigenvalue weighted by Gasteiger charge is -2.28. The maximum absolute atomic E-state index is 12.6. The Hall–Kier alpha value is -1.66. The van der Waals surface area contributed by atoms with E-state index in [-0.39, 0.29) is 18.2 Å². The van der Waals surface area contributed by atoms with E-state index in [1.165, 1.54) is 17.3 Å². The Balaban J connectivity index is 2.18. The van der Waals surface area contributed by atoms with E-state index in [1.54, 1.807) is 13.0 Å². The summed E-state index contributed by atoms with van der Waals surface area (Å²) in [7, 11) is 0. The first-order valence-corrected chi connectivity index (χ1v) is 7.93. The molecule has 22 heavy (non-hydrogen) atoms. The molecule has 1 saturated heterocycles. The zero-order chi connectivity index (χ0) is 15.7. The summed E-state index contributed by atoms with van der Waals surface area (Å²) >= 11 is 6.12. The zero-order valence-electron chi connectivity index (χ0n) is 12.5. The summed E-state index contributed by atoms with van der Waals surface area (Å²) in [5, 5.41) is 10.0. The first-order chi connectivity index (χ1) is 10.6. The van der Waals surface area contributed by atoms with Crippen molar-refractivity contribution in [3.8, 4) is 0 Å². The predicted molar refractivity (Wildman–Crippen MR) is 86.7 cm³/mol. The number of fused-ring (bicyclic) bond motifs is 1. The average Bonchev–Trinajstić information content (AvgIpc) is 2.55. The fraction of sp³-hybridized carbons (Fsp3) is 0.533. The summed E-state index contributed by atoms with van der Waals surface area (Å²) in [6, 6.07) is 1.23. The van der Waals surface area contributed by atoms with Crippen LogP contribution in [0.5, 0.6) is 0 Å². The van der Waals surface area contributed by atoms with Crippen LogP contribution in [0.1, 0.15) is 32.2 Å². The maximum Gasteiger partial charge on any atom is 0.261 e. The first-order valence-electron chi connectivity index (χ1n) is 7.55. The van der Waals surface area contributed by atoms with Gasteiger partial charge in [0.25, 0.3) is 5.56 Å². The Morgan fingerprint density at radius 1 is 1.36 bits per heavy atom. The summed E-state index contributed by atoms with van der Waals surface area (Å²) in [4.78, 5) is 23.6. The number of piperidine rings is 1. The molecule has 2 aromatic heterocycles. The van der Waals surface area contributed by atoms with Crippen molar-refractivity contribution in [2.45, 2.75) is 32.2 Å². The standard InChI is InChI=1S/C15H19ClN4O2/c1-10(8-21)20-9-17-13-11(15(20)22)7-12(16)18-14(13)19-5-3-2-4-6-19/h7,9-10,21H,2-6,8H2,1H3/t10-/m0/s1. The molecule has 1 N–H and O–H groups in total. The molecule has 3 rings (SSSR count). The highest BCUT2D eigenvalue weighted by molar-refractivity contribution is 6.30. The summed E-state index contributed by atoms with van der Waals surface area (Å²) in [5.41, 5.74) is 0.381. The van der Waals surface area contributed by atoms with Crippen molar-refractivity contribution in [1.82, 2.24) is 14.5 Å². The fourth-order valence-electron chi connectivity index (χ4n) is 2.82. The zero-order valence-corrected chi connectivity index (χ0v) is 13.3. The van der Waals surface area contributed by atoms with Gasteiger partial charge in [0.15, 0.2) is 5.82 Å². The molecular formula is C15H19ClN4O2. The number of pyridine rings is 1. The van der Waals surface area contributed by atoms with Crippen LogP contribution in [0.2, 0.25) is 5.15 Å². The number of hydrogen-bond donors (Lipinski definition) is 1. The van der Waals surface area contributed by atoms with Gasteiger partial charge in [-0.3, -0.25) is 9.36 Å². The van der Waals surface area contributed by atoms with Crippen molar-refractivity contribution >= 4 is 28.3 Å². The van der Waals surface area contributed by atoms with Gasteiger partial charge in [-0.25, -0.2) is 9.97 Å². The molecule has 2 aromatic rings. The van der Waals surface area contributed by atoms with Gasteiger partial charge in [-0.1, -0.05) is 11.6 Å². The van der Waals surface area contributed by atoms with Gasteiger partial charge in [0.05, 0.1) is 24.4 Å². The van der Waals surface area contributed by atoms with Crippen LogP contribution >= 0.6 is 11.6 Å². The van der Waals surface area contributed by atoms with Crippen LogP contribution in [0.4, 0.5) is 5.82 Å². The van der Waals surface area contributed by atoms with Crippen LogP contribution in [0, 0.1) is 0 Å². The molecule has 1 atom stereocenters. The van der Waals surface area contributed by atoms with Gasteiger partial charge in [0, 0.05) is 13.1 Å². The van der Waals surface area contributed by atoms with Crippen molar-refractivity contribution < 1.29 is 5.11 Å². The van der Waals surface area contributed by atoms with Crippen molar-refractivity contribution in [2.24, 2.45) is 0 Å². The molecular weight excluding hydrogens is 304 g/mol. The molecule has 0 unspecified atom stereocenters. The summed E-state index contributed by atoms with van der Waals surface area (Å²) in [5.74, 6) is 0.683. The second kappa shape index (κ2) is 6.22. The van der Waals surface area contributed by atoms with Gasteiger partial charge in [-0.05, 0) is 32.3 Å². The number of aromatic nitrogens is 3. The first kappa shape index (κ1) is 15.2. The van der Waals surface area contributed by atoms with Crippen LogP contribution in [0.3, 0.4) is 0 Å². The van der Waals surface area contributed by atoms with E-state index in [9.17, 15) is 9.90 Å². The minimum Gasteiger partial charge on any atom is -0.394 e. The van der Waals surface area contributed by atoms with Crippen LogP contribution in [0.15, 0.2) is 17.2 Å². The smallest absolute Gasteiger partial charge is 0.261 e. The highest BCUT2D eigenvalue weighted by Crippen LogP contribution is 2.26. The third kappa shape index (κ3) is 2.68. The Labute approximate surface area is 133 Å². The monoisotopic (exact) mass is 322 g/mol. The van der Waals surface area contributed by atoms with E-state index in [0.717, 1.165) is 25.9 Å². The average molecular weight is 323 g/mol. The minimum absolute atomic E-state index is 0.120. The number of aliphatic hydroxyl groups excluding tert-OH is 1. The van der Waals surface area contributed by atoms with E-state index in [2.05, 4.69) is 14.9 Å². The van der Waals surface area contributed by atoms with Gasteiger partial charge in [0.1, 0.15) is 10.7 Å². The molecule has 0 spiro atoms. The lowest BCUT2D eigenvalue weighted by Crippen LogP contribution is -2.31. The number of halogens is 1. The van der Waals surface area contributed by atoms with E-state index in [1.807, 2.05) is 0 Å². The molecule has 1 aliphatic heterocycles. The highest BCUT2D eigenvalue weighted by atomic mass is 35.5. The van der Waals surface area contributed by atoms with Gasteiger partial charge < -0.3 is 10.0 Å². The molecule has 0 aliphatic carbocycles.